The molecule has 2 aromatic rings. The van der Waals surface area contributed by atoms with E-state index >= 15 is 0 Å². The molecule has 0 aromatic carbocycles. The Morgan fingerprint density at radius 1 is 1.40 bits per heavy atom. The van der Waals surface area contributed by atoms with E-state index in [9.17, 15) is 4.79 Å². The summed E-state index contributed by atoms with van der Waals surface area (Å²) in [7, 11) is 1.86. The van der Waals surface area contributed by atoms with Gasteiger partial charge in [0.2, 0.25) is 0 Å². The van der Waals surface area contributed by atoms with Gasteiger partial charge in [-0.1, -0.05) is 6.42 Å². The maximum Gasteiger partial charge on any atom is 0.274 e. The van der Waals surface area contributed by atoms with Crippen LogP contribution in [0.1, 0.15) is 40.3 Å². The number of nitrogens with one attached hydrogen (secondary N) is 1. The number of carbonyl (C=O) groups is 1. The SMILES string of the molecule is Cn1cc(Br)cc1C(=O)Nc1nc2c(s1)CCCCC2. The van der Waals surface area contributed by atoms with E-state index in [2.05, 4.69) is 26.2 Å². The molecular weight excluding hydrogens is 338 g/mol. The molecule has 0 fully saturated rings. The molecule has 106 valence electrons. The van der Waals surface area contributed by atoms with Crippen molar-refractivity contribution in [2.45, 2.75) is 32.1 Å². The van der Waals surface area contributed by atoms with Gasteiger partial charge in [-0.25, -0.2) is 4.98 Å². The van der Waals surface area contributed by atoms with Crippen molar-refractivity contribution in [3.8, 4) is 0 Å². The Labute approximate surface area is 130 Å². The molecule has 4 nitrogen and oxygen atoms in total. The quantitative estimate of drug-likeness (QED) is 0.835. The van der Waals surface area contributed by atoms with Crippen LogP contribution in [0, 0.1) is 0 Å². The summed E-state index contributed by atoms with van der Waals surface area (Å²) >= 11 is 5.00. The van der Waals surface area contributed by atoms with Crippen LogP contribution in [-0.2, 0) is 19.9 Å². The molecule has 0 saturated heterocycles. The summed E-state index contributed by atoms with van der Waals surface area (Å²) < 4.78 is 2.71. The Morgan fingerprint density at radius 2 is 2.20 bits per heavy atom. The summed E-state index contributed by atoms with van der Waals surface area (Å²) in [5, 5.41) is 3.64. The minimum atomic E-state index is -0.109. The summed E-state index contributed by atoms with van der Waals surface area (Å²) in [5.41, 5.74) is 1.80. The van der Waals surface area contributed by atoms with Crippen LogP contribution in [-0.4, -0.2) is 15.5 Å². The lowest BCUT2D eigenvalue weighted by molar-refractivity contribution is 0.101. The van der Waals surface area contributed by atoms with Crippen molar-refractivity contribution in [3.05, 3.63) is 33.0 Å². The highest BCUT2D eigenvalue weighted by Crippen LogP contribution is 2.29. The van der Waals surface area contributed by atoms with Crippen LogP contribution in [0.15, 0.2) is 16.7 Å². The molecule has 2 heterocycles. The number of aryl methyl sites for hydroxylation is 3. The summed E-state index contributed by atoms with van der Waals surface area (Å²) in [4.78, 5) is 18.2. The normalized spacial score (nSPS) is 14.7. The van der Waals surface area contributed by atoms with Crippen molar-refractivity contribution in [2.75, 3.05) is 5.32 Å². The smallest absolute Gasteiger partial charge is 0.274 e. The Morgan fingerprint density at radius 3 is 2.95 bits per heavy atom. The van der Waals surface area contributed by atoms with Crippen molar-refractivity contribution in [2.24, 2.45) is 7.05 Å². The Kier molecular flexibility index (Phi) is 3.94. The fraction of sp³-hybridized carbons (Fsp3) is 0.429. The zero-order valence-electron chi connectivity index (χ0n) is 11.3. The number of carbonyl (C=O) groups excluding carboxylic acids is 1. The van der Waals surface area contributed by atoms with E-state index in [4.69, 9.17) is 0 Å². The molecule has 6 heteroatoms. The van der Waals surface area contributed by atoms with Crippen LogP contribution >= 0.6 is 27.3 Å². The number of thiazole rings is 1. The summed E-state index contributed by atoms with van der Waals surface area (Å²) in [5.74, 6) is -0.109. The predicted octanol–water partition coefficient (Wildman–Crippen LogP) is 3.77. The van der Waals surface area contributed by atoms with Crippen LogP contribution < -0.4 is 5.32 Å². The van der Waals surface area contributed by atoms with E-state index in [0.29, 0.717) is 5.69 Å². The zero-order chi connectivity index (χ0) is 14.1. The number of halogens is 1. The second-order valence-corrected chi connectivity index (χ2v) is 7.06. The first-order chi connectivity index (χ1) is 9.63. The van der Waals surface area contributed by atoms with Crippen molar-refractivity contribution in [1.82, 2.24) is 9.55 Å². The standard InChI is InChI=1S/C14H16BrN3OS/c1-18-8-9(15)7-11(18)13(19)17-14-16-10-5-3-2-4-6-12(10)20-14/h7-8H,2-6H2,1H3,(H,16,17,19). The van der Waals surface area contributed by atoms with Gasteiger partial charge in [0.05, 0.1) is 5.69 Å². The van der Waals surface area contributed by atoms with Gasteiger partial charge in [0.1, 0.15) is 5.69 Å². The lowest BCUT2D eigenvalue weighted by atomic mass is 10.2. The maximum absolute atomic E-state index is 12.2. The van der Waals surface area contributed by atoms with Gasteiger partial charge in [-0.15, -0.1) is 11.3 Å². The Hall–Kier alpha value is -1.14. The molecule has 1 aliphatic carbocycles. The number of hydrogen-bond acceptors (Lipinski definition) is 3. The fourth-order valence-corrected chi connectivity index (χ4v) is 4.06. The molecule has 1 N–H and O–H groups in total. The topological polar surface area (TPSA) is 46.9 Å². The van der Waals surface area contributed by atoms with E-state index in [1.807, 2.05) is 19.3 Å². The first-order valence-corrected chi connectivity index (χ1v) is 8.36. The second-order valence-electron chi connectivity index (χ2n) is 5.06. The molecule has 20 heavy (non-hydrogen) atoms. The number of hydrogen-bond donors (Lipinski definition) is 1. The summed E-state index contributed by atoms with van der Waals surface area (Å²) in [6, 6.07) is 1.81. The summed E-state index contributed by atoms with van der Waals surface area (Å²) in [6.45, 7) is 0. The van der Waals surface area contributed by atoms with E-state index in [0.717, 1.165) is 22.4 Å². The third-order valence-electron chi connectivity index (χ3n) is 3.52. The molecule has 0 radical (unpaired) electrons. The third kappa shape index (κ3) is 2.81. The van der Waals surface area contributed by atoms with Crippen molar-refractivity contribution in [3.63, 3.8) is 0 Å². The predicted molar refractivity (Wildman–Crippen MR) is 84.4 cm³/mol. The highest BCUT2D eigenvalue weighted by atomic mass is 79.9. The molecule has 2 aromatic heterocycles. The van der Waals surface area contributed by atoms with Gasteiger partial charge in [-0.05, 0) is 47.7 Å². The van der Waals surface area contributed by atoms with Crippen LogP contribution in [0.4, 0.5) is 5.13 Å². The number of nitrogens with zero attached hydrogens (tertiary/aromatic N) is 2. The van der Waals surface area contributed by atoms with Crippen molar-refractivity contribution >= 4 is 38.3 Å². The molecule has 3 rings (SSSR count). The van der Waals surface area contributed by atoms with Crippen molar-refractivity contribution in [1.29, 1.82) is 0 Å². The monoisotopic (exact) mass is 353 g/mol. The largest absolute Gasteiger partial charge is 0.345 e. The second kappa shape index (κ2) is 5.69. The lowest BCUT2D eigenvalue weighted by Gasteiger charge is -2.02. The number of fused-ring (bicyclic) bond motifs is 1. The van der Waals surface area contributed by atoms with Gasteiger partial charge in [-0.2, -0.15) is 0 Å². The summed E-state index contributed by atoms with van der Waals surface area (Å²) in [6.07, 6.45) is 7.71. The zero-order valence-corrected chi connectivity index (χ0v) is 13.7. The number of aromatic nitrogens is 2. The van der Waals surface area contributed by atoms with Crippen LogP contribution in [0.3, 0.4) is 0 Å². The molecule has 0 atom stereocenters. The Bertz CT molecular complexity index is 623. The highest BCUT2D eigenvalue weighted by Gasteiger charge is 2.17. The van der Waals surface area contributed by atoms with Gasteiger partial charge < -0.3 is 4.57 Å². The average molecular weight is 354 g/mol. The first kappa shape index (κ1) is 13.8. The fourth-order valence-electron chi connectivity index (χ4n) is 2.49. The van der Waals surface area contributed by atoms with Gasteiger partial charge in [-0.3, -0.25) is 10.1 Å². The number of anilines is 1. The molecule has 0 unspecified atom stereocenters. The van der Waals surface area contributed by atoms with Gasteiger partial charge in [0.15, 0.2) is 5.13 Å². The maximum atomic E-state index is 12.2. The van der Waals surface area contributed by atoms with E-state index in [1.54, 1.807) is 15.9 Å². The molecule has 1 aliphatic rings. The van der Waals surface area contributed by atoms with Gasteiger partial charge >= 0.3 is 0 Å². The van der Waals surface area contributed by atoms with E-state index in [1.165, 1.54) is 29.8 Å². The molecule has 1 amide bonds. The molecule has 0 aliphatic heterocycles. The minimum absolute atomic E-state index is 0.109. The van der Waals surface area contributed by atoms with E-state index < -0.39 is 0 Å². The first-order valence-electron chi connectivity index (χ1n) is 6.75. The number of rotatable bonds is 2. The molecule has 0 spiro atoms. The molecular formula is C14H16BrN3OS. The van der Waals surface area contributed by atoms with Crippen LogP contribution in [0.25, 0.3) is 0 Å². The Balaban J connectivity index is 1.78. The average Bonchev–Trinajstić information content (AvgIpc) is 2.85. The van der Waals surface area contributed by atoms with Gasteiger partial charge in [0, 0.05) is 22.6 Å². The lowest BCUT2D eigenvalue weighted by Crippen LogP contribution is -2.15. The van der Waals surface area contributed by atoms with Crippen molar-refractivity contribution < 1.29 is 4.79 Å². The molecule has 0 saturated carbocycles. The minimum Gasteiger partial charge on any atom is -0.345 e. The molecule has 0 bridgehead atoms. The highest BCUT2D eigenvalue weighted by molar-refractivity contribution is 9.10. The van der Waals surface area contributed by atoms with Crippen LogP contribution in [0.2, 0.25) is 0 Å². The van der Waals surface area contributed by atoms with Gasteiger partial charge in [0.25, 0.3) is 5.91 Å². The van der Waals surface area contributed by atoms with Crippen LogP contribution in [0.5, 0.6) is 0 Å². The van der Waals surface area contributed by atoms with E-state index in [-0.39, 0.29) is 5.91 Å². The number of amides is 1. The third-order valence-corrected chi connectivity index (χ3v) is 5.03.